The Labute approximate surface area is 123 Å². The lowest BCUT2D eigenvalue weighted by atomic mass is 10.1. The smallest absolute Gasteiger partial charge is 0.245 e. The van der Waals surface area contributed by atoms with Crippen LogP contribution in [0.1, 0.15) is 11.6 Å². The molecule has 2 aromatic rings. The van der Waals surface area contributed by atoms with Crippen molar-refractivity contribution in [1.29, 1.82) is 0 Å². The van der Waals surface area contributed by atoms with Gasteiger partial charge >= 0.3 is 0 Å². The predicted molar refractivity (Wildman–Crippen MR) is 81.6 cm³/mol. The summed E-state index contributed by atoms with van der Waals surface area (Å²) in [5, 5.41) is 2.62. The molecule has 0 saturated heterocycles. The van der Waals surface area contributed by atoms with Crippen LogP contribution in [0.25, 0.3) is 0 Å². The van der Waals surface area contributed by atoms with Gasteiger partial charge in [0.25, 0.3) is 0 Å². The zero-order chi connectivity index (χ0) is 15.5. The van der Waals surface area contributed by atoms with Gasteiger partial charge in [-0.1, -0.05) is 36.4 Å². The lowest BCUT2D eigenvalue weighted by Gasteiger charge is -2.13. The highest BCUT2D eigenvalue weighted by atomic mass is 32.2. The minimum Gasteiger partial charge on any atom is -0.324 e. The molecule has 2 rings (SSSR count). The van der Waals surface area contributed by atoms with Gasteiger partial charge in [0.05, 0.1) is 4.90 Å². The Kier molecular flexibility index (Phi) is 4.40. The van der Waals surface area contributed by atoms with Gasteiger partial charge in [-0.3, -0.25) is 4.79 Å². The van der Waals surface area contributed by atoms with Crippen LogP contribution in [-0.4, -0.2) is 20.6 Å². The van der Waals surface area contributed by atoms with E-state index in [9.17, 15) is 13.2 Å². The molecule has 0 unspecified atom stereocenters. The van der Waals surface area contributed by atoms with E-state index in [2.05, 4.69) is 5.32 Å². The van der Waals surface area contributed by atoms with Gasteiger partial charge in [0.2, 0.25) is 5.91 Å². The van der Waals surface area contributed by atoms with Crippen LogP contribution in [0, 0.1) is 0 Å². The van der Waals surface area contributed by atoms with Crippen molar-refractivity contribution < 1.29 is 13.2 Å². The fraction of sp³-hybridized carbons (Fsp3) is 0.133. The molecule has 1 atom stereocenters. The summed E-state index contributed by atoms with van der Waals surface area (Å²) in [4.78, 5) is 12.2. The van der Waals surface area contributed by atoms with Gasteiger partial charge in [-0.05, 0) is 23.8 Å². The maximum Gasteiger partial charge on any atom is 0.245 e. The summed E-state index contributed by atoms with van der Waals surface area (Å²) < 4.78 is 23.0. The minimum absolute atomic E-state index is 0.147. The fourth-order valence-electron chi connectivity index (χ4n) is 1.84. The van der Waals surface area contributed by atoms with Crippen LogP contribution in [0.15, 0.2) is 59.5 Å². The van der Waals surface area contributed by atoms with E-state index < -0.39 is 21.8 Å². The van der Waals surface area contributed by atoms with Crippen LogP contribution < -0.4 is 11.1 Å². The molecule has 5 nitrogen and oxygen atoms in total. The normalized spacial score (nSPS) is 12.7. The molecule has 0 aliphatic heterocycles. The van der Waals surface area contributed by atoms with Crippen molar-refractivity contribution in [2.45, 2.75) is 10.9 Å². The number of rotatable bonds is 4. The highest BCUT2D eigenvalue weighted by Gasteiger charge is 2.16. The third-order valence-electron chi connectivity index (χ3n) is 2.97. The molecule has 0 saturated carbocycles. The molecule has 0 aromatic heterocycles. The number of hydrogen-bond donors (Lipinski definition) is 2. The molecule has 0 radical (unpaired) electrons. The second kappa shape index (κ2) is 6.07. The summed E-state index contributed by atoms with van der Waals surface area (Å²) >= 11 is 0. The van der Waals surface area contributed by atoms with Crippen molar-refractivity contribution in [3.05, 3.63) is 60.2 Å². The Hall–Kier alpha value is -2.18. The lowest BCUT2D eigenvalue weighted by molar-refractivity contribution is -0.117. The first-order chi connectivity index (χ1) is 9.88. The zero-order valence-corrected chi connectivity index (χ0v) is 12.3. The number of amides is 1. The SMILES string of the molecule is CS(=O)(=O)c1cccc(NC(=O)[C@H](N)c2ccccc2)c1. The number of nitrogens with two attached hydrogens (primary N) is 1. The Morgan fingerprint density at radius 1 is 1.10 bits per heavy atom. The van der Waals surface area contributed by atoms with Crippen molar-refractivity contribution in [1.82, 2.24) is 0 Å². The molecule has 0 aliphatic rings. The summed E-state index contributed by atoms with van der Waals surface area (Å²) in [6, 6.07) is 14.2. The topological polar surface area (TPSA) is 89.3 Å². The Bertz CT molecular complexity index is 743. The summed E-state index contributed by atoms with van der Waals surface area (Å²) in [6.45, 7) is 0. The molecule has 2 aromatic carbocycles. The molecular weight excluding hydrogens is 288 g/mol. The first-order valence-corrected chi connectivity index (χ1v) is 8.18. The molecule has 0 fully saturated rings. The van der Waals surface area contributed by atoms with Crippen LogP contribution in [0.2, 0.25) is 0 Å². The molecule has 0 spiro atoms. The van der Waals surface area contributed by atoms with E-state index in [1.54, 1.807) is 36.4 Å². The van der Waals surface area contributed by atoms with Crippen molar-refractivity contribution in [2.75, 3.05) is 11.6 Å². The first kappa shape index (κ1) is 15.2. The van der Waals surface area contributed by atoms with Gasteiger partial charge in [-0.25, -0.2) is 8.42 Å². The van der Waals surface area contributed by atoms with Crippen molar-refractivity contribution in [3.8, 4) is 0 Å². The molecule has 1 amide bonds. The molecule has 0 heterocycles. The van der Waals surface area contributed by atoms with Gasteiger partial charge in [-0.15, -0.1) is 0 Å². The van der Waals surface area contributed by atoms with Gasteiger partial charge in [-0.2, -0.15) is 0 Å². The van der Waals surface area contributed by atoms with Gasteiger partial charge in [0.1, 0.15) is 6.04 Å². The number of carbonyl (C=O) groups is 1. The molecule has 3 N–H and O–H groups in total. The molecule has 6 heteroatoms. The van der Waals surface area contributed by atoms with E-state index in [0.29, 0.717) is 11.3 Å². The van der Waals surface area contributed by atoms with Crippen LogP contribution >= 0.6 is 0 Å². The average molecular weight is 304 g/mol. The summed E-state index contributed by atoms with van der Waals surface area (Å²) in [5.41, 5.74) is 6.97. The molecule has 21 heavy (non-hydrogen) atoms. The largest absolute Gasteiger partial charge is 0.324 e. The maximum atomic E-state index is 12.1. The van der Waals surface area contributed by atoms with E-state index in [1.807, 2.05) is 6.07 Å². The van der Waals surface area contributed by atoms with Crippen LogP contribution in [0.5, 0.6) is 0 Å². The van der Waals surface area contributed by atoms with Crippen LogP contribution in [0.3, 0.4) is 0 Å². The maximum absolute atomic E-state index is 12.1. The number of carbonyl (C=O) groups excluding carboxylic acids is 1. The minimum atomic E-state index is -3.32. The third-order valence-corrected chi connectivity index (χ3v) is 4.08. The van der Waals surface area contributed by atoms with Crippen LogP contribution in [-0.2, 0) is 14.6 Å². The molecule has 0 aliphatic carbocycles. The quantitative estimate of drug-likeness (QED) is 0.900. The predicted octanol–water partition coefficient (Wildman–Crippen LogP) is 1.73. The molecular formula is C15H16N2O3S. The number of sulfone groups is 1. The summed E-state index contributed by atoms with van der Waals surface area (Å²) in [5.74, 6) is -0.396. The fourth-order valence-corrected chi connectivity index (χ4v) is 2.50. The standard InChI is InChI=1S/C15H16N2O3S/c1-21(19,20)13-9-5-8-12(10-13)17-15(18)14(16)11-6-3-2-4-7-11/h2-10,14H,16H2,1H3,(H,17,18)/t14-/m1/s1. The van der Waals surface area contributed by atoms with Gasteiger partial charge in [0, 0.05) is 11.9 Å². The third kappa shape index (κ3) is 3.90. The average Bonchev–Trinajstić information content (AvgIpc) is 2.47. The summed E-state index contributed by atoms with van der Waals surface area (Å²) in [7, 11) is -3.32. The van der Waals surface area contributed by atoms with Crippen molar-refractivity contribution in [3.63, 3.8) is 0 Å². The highest BCUT2D eigenvalue weighted by molar-refractivity contribution is 7.90. The number of hydrogen-bond acceptors (Lipinski definition) is 4. The molecule has 110 valence electrons. The number of nitrogens with one attached hydrogen (secondary N) is 1. The van der Waals surface area contributed by atoms with E-state index in [1.165, 1.54) is 12.1 Å². The van der Waals surface area contributed by atoms with Crippen molar-refractivity contribution in [2.24, 2.45) is 5.73 Å². The second-order valence-electron chi connectivity index (χ2n) is 4.68. The van der Waals surface area contributed by atoms with Gasteiger partial charge < -0.3 is 11.1 Å². The van der Waals surface area contributed by atoms with E-state index in [-0.39, 0.29) is 4.90 Å². The second-order valence-corrected chi connectivity index (χ2v) is 6.69. The monoisotopic (exact) mass is 304 g/mol. The lowest BCUT2D eigenvalue weighted by Crippen LogP contribution is -2.27. The van der Waals surface area contributed by atoms with E-state index in [0.717, 1.165) is 6.26 Å². The van der Waals surface area contributed by atoms with Crippen molar-refractivity contribution >= 4 is 21.4 Å². The number of benzene rings is 2. The Morgan fingerprint density at radius 3 is 2.38 bits per heavy atom. The van der Waals surface area contributed by atoms with E-state index >= 15 is 0 Å². The molecule has 0 bridgehead atoms. The summed E-state index contributed by atoms with van der Waals surface area (Å²) in [6.07, 6.45) is 1.11. The zero-order valence-electron chi connectivity index (χ0n) is 11.5. The Morgan fingerprint density at radius 2 is 1.76 bits per heavy atom. The van der Waals surface area contributed by atoms with E-state index in [4.69, 9.17) is 5.73 Å². The van der Waals surface area contributed by atoms with Gasteiger partial charge in [0.15, 0.2) is 9.84 Å². The first-order valence-electron chi connectivity index (χ1n) is 6.29. The number of anilines is 1. The van der Waals surface area contributed by atoms with Crippen LogP contribution in [0.4, 0.5) is 5.69 Å². The Balaban J connectivity index is 2.17. The highest BCUT2D eigenvalue weighted by Crippen LogP contribution is 2.17.